The predicted molar refractivity (Wildman–Crippen MR) is 76.6 cm³/mol. The highest BCUT2D eigenvalue weighted by molar-refractivity contribution is 9.11. The van der Waals surface area contributed by atoms with Crippen molar-refractivity contribution in [2.75, 3.05) is 5.33 Å². The molecule has 0 saturated carbocycles. The summed E-state index contributed by atoms with van der Waals surface area (Å²) in [5.41, 5.74) is -0.128. The van der Waals surface area contributed by atoms with Crippen molar-refractivity contribution in [1.82, 2.24) is 5.32 Å². The average molecular weight is 369 g/mol. The lowest BCUT2D eigenvalue weighted by molar-refractivity contribution is 0.0906. The molecule has 1 rings (SSSR count). The summed E-state index contributed by atoms with van der Waals surface area (Å²) in [4.78, 5) is 12.7. The van der Waals surface area contributed by atoms with Crippen LogP contribution in [0.25, 0.3) is 0 Å². The van der Waals surface area contributed by atoms with Gasteiger partial charge in [-0.05, 0) is 47.8 Å². The van der Waals surface area contributed by atoms with E-state index in [9.17, 15) is 4.79 Å². The molecule has 0 bridgehead atoms. The number of thiophene rings is 1. The van der Waals surface area contributed by atoms with Gasteiger partial charge in [-0.3, -0.25) is 4.79 Å². The van der Waals surface area contributed by atoms with Crippen LogP contribution < -0.4 is 5.32 Å². The normalized spacial score (nSPS) is 14.5. The first kappa shape index (κ1) is 14.2. The van der Waals surface area contributed by atoms with Gasteiger partial charge < -0.3 is 5.32 Å². The molecule has 16 heavy (non-hydrogen) atoms. The van der Waals surface area contributed by atoms with E-state index >= 15 is 0 Å². The molecule has 0 radical (unpaired) electrons. The van der Waals surface area contributed by atoms with Crippen molar-refractivity contribution < 1.29 is 4.79 Å². The Morgan fingerprint density at radius 3 is 2.69 bits per heavy atom. The molecular weight excluding hydrogens is 354 g/mol. The van der Waals surface area contributed by atoms with Gasteiger partial charge in [0.25, 0.3) is 5.91 Å². The smallest absolute Gasteiger partial charge is 0.261 e. The molecule has 1 amide bonds. The summed E-state index contributed by atoms with van der Waals surface area (Å²) >= 11 is 8.24. The molecular formula is C11H15Br2NOS. The number of alkyl halides is 1. The number of hydrogen-bond acceptors (Lipinski definition) is 2. The molecule has 0 fully saturated rings. The number of carbonyl (C=O) groups is 1. The van der Waals surface area contributed by atoms with E-state index in [1.54, 1.807) is 0 Å². The Morgan fingerprint density at radius 1 is 1.56 bits per heavy atom. The van der Waals surface area contributed by atoms with Crippen LogP contribution in [0, 0.1) is 0 Å². The minimum Gasteiger partial charge on any atom is -0.346 e. The maximum absolute atomic E-state index is 12.0. The Balaban J connectivity index is 2.69. The molecule has 0 aliphatic rings. The summed E-state index contributed by atoms with van der Waals surface area (Å²) in [5.74, 6) is 0.0148. The molecule has 0 aliphatic heterocycles. The summed E-state index contributed by atoms with van der Waals surface area (Å²) in [7, 11) is 0. The third-order valence-electron chi connectivity index (χ3n) is 2.64. The van der Waals surface area contributed by atoms with Crippen LogP contribution >= 0.6 is 43.2 Å². The zero-order valence-electron chi connectivity index (χ0n) is 9.35. The van der Waals surface area contributed by atoms with Crippen molar-refractivity contribution in [2.24, 2.45) is 0 Å². The maximum atomic E-state index is 12.0. The minimum absolute atomic E-state index is 0.0148. The van der Waals surface area contributed by atoms with E-state index in [2.05, 4.69) is 51.0 Å². The van der Waals surface area contributed by atoms with Gasteiger partial charge in [-0.25, -0.2) is 0 Å². The molecule has 1 heterocycles. The van der Waals surface area contributed by atoms with E-state index in [0.717, 1.165) is 26.8 Å². The maximum Gasteiger partial charge on any atom is 0.261 e. The van der Waals surface area contributed by atoms with E-state index < -0.39 is 0 Å². The summed E-state index contributed by atoms with van der Waals surface area (Å²) in [6.45, 7) is 4.17. The van der Waals surface area contributed by atoms with E-state index in [0.29, 0.717) is 0 Å². The molecule has 2 nitrogen and oxygen atoms in total. The molecule has 0 aliphatic carbocycles. The Labute approximate surface area is 117 Å². The van der Waals surface area contributed by atoms with Crippen molar-refractivity contribution in [1.29, 1.82) is 0 Å². The highest BCUT2D eigenvalue weighted by atomic mass is 79.9. The topological polar surface area (TPSA) is 29.1 Å². The van der Waals surface area contributed by atoms with E-state index in [1.807, 2.05) is 12.1 Å². The third-order valence-corrected chi connectivity index (χ3v) is 4.66. The van der Waals surface area contributed by atoms with Gasteiger partial charge in [0.05, 0.1) is 8.66 Å². The number of halogens is 2. The largest absolute Gasteiger partial charge is 0.346 e. The molecule has 1 unspecified atom stereocenters. The zero-order chi connectivity index (χ0) is 12.2. The van der Waals surface area contributed by atoms with Gasteiger partial charge in [-0.15, -0.1) is 11.3 Å². The van der Waals surface area contributed by atoms with E-state index in [-0.39, 0.29) is 11.4 Å². The first-order chi connectivity index (χ1) is 7.50. The number of amides is 1. The molecule has 0 aromatic carbocycles. The third kappa shape index (κ3) is 3.86. The van der Waals surface area contributed by atoms with Crippen LogP contribution in [0.1, 0.15) is 36.4 Å². The fourth-order valence-electron chi connectivity index (χ4n) is 1.31. The average Bonchev–Trinajstić information content (AvgIpc) is 2.65. The fourth-order valence-corrected chi connectivity index (χ4v) is 3.46. The van der Waals surface area contributed by atoms with Crippen LogP contribution in [0.4, 0.5) is 0 Å². The van der Waals surface area contributed by atoms with Gasteiger partial charge in [0.15, 0.2) is 0 Å². The highest BCUT2D eigenvalue weighted by Gasteiger charge is 2.24. The van der Waals surface area contributed by atoms with E-state index in [4.69, 9.17) is 0 Å². The van der Waals surface area contributed by atoms with Crippen molar-refractivity contribution in [3.8, 4) is 0 Å². The fraction of sp³-hybridized carbons (Fsp3) is 0.545. The second-order valence-electron chi connectivity index (χ2n) is 3.91. The lowest BCUT2D eigenvalue weighted by Crippen LogP contribution is -2.45. The molecule has 1 N–H and O–H groups in total. The quantitative estimate of drug-likeness (QED) is 0.775. The number of rotatable bonds is 5. The first-order valence-corrected chi connectivity index (χ1v) is 7.87. The van der Waals surface area contributed by atoms with Gasteiger partial charge in [0, 0.05) is 10.9 Å². The van der Waals surface area contributed by atoms with Crippen LogP contribution in [0.5, 0.6) is 0 Å². The molecule has 90 valence electrons. The van der Waals surface area contributed by atoms with Gasteiger partial charge >= 0.3 is 0 Å². The molecule has 0 saturated heterocycles. The molecule has 5 heteroatoms. The SMILES string of the molecule is CCC(C)(CCBr)NC(=O)c1ccc(Br)s1. The Bertz CT molecular complexity index is 367. The second-order valence-corrected chi connectivity index (χ2v) is 7.17. The van der Waals surface area contributed by atoms with Gasteiger partial charge in [-0.1, -0.05) is 22.9 Å². The lowest BCUT2D eigenvalue weighted by Gasteiger charge is -2.28. The van der Waals surface area contributed by atoms with Crippen molar-refractivity contribution in [2.45, 2.75) is 32.2 Å². The van der Waals surface area contributed by atoms with Crippen molar-refractivity contribution >= 4 is 49.1 Å². The zero-order valence-corrected chi connectivity index (χ0v) is 13.3. The van der Waals surface area contributed by atoms with Crippen LogP contribution in [-0.4, -0.2) is 16.8 Å². The van der Waals surface area contributed by atoms with Crippen LogP contribution in [0.3, 0.4) is 0 Å². The first-order valence-electron chi connectivity index (χ1n) is 5.14. The summed E-state index contributed by atoms with van der Waals surface area (Å²) in [6.07, 6.45) is 1.86. The summed E-state index contributed by atoms with van der Waals surface area (Å²) < 4.78 is 0.983. The van der Waals surface area contributed by atoms with E-state index in [1.165, 1.54) is 11.3 Å². The highest BCUT2D eigenvalue weighted by Crippen LogP contribution is 2.23. The van der Waals surface area contributed by atoms with Crippen LogP contribution in [0.15, 0.2) is 15.9 Å². The molecule has 1 atom stereocenters. The lowest BCUT2D eigenvalue weighted by atomic mass is 9.95. The molecule has 1 aromatic rings. The number of nitrogens with one attached hydrogen (secondary N) is 1. The standard InChI is InChI=1S/C11H15Br2NOS/c1-3-11(2,6-7-12)14-10(15)8-4-5-9(13)16-8/h4-5H,3,6-7H2,1-2H3,(H,14,15). The Hall–Kier alpha value is 0.130. The molecule has 0 spiro atoms. The van der Waals surface area contributed by atoms with Crippen molar-refractivity contribution in [3.05, 3.63) is 20.8 Å². The Morgan fingerprint density at radius 2 is 2.25 bits per heavy atom. The van der Waals surface area contributed by atoms with Gasteiger partial charge in [0.2, 0.25) is 0 Å². The second kappa shape index (κ2) is 6.17. The summed E-state index contributed by atoms with van der Waals surface area (Å²) in [5, 5.41) is 3.99. The number of hydrogen-bond donors (Lipinski definition) is 1. The predicted octanol–water partition coefficient (Wildman–Crippen LogP) is 4.19. The number of carbonyl (C=O) groups excluding carboxylic acids is 1. The van der Waals surface area contributed by atoms with Crippen LogP contribution in [-0.2, 0) is 0 Å². The minimum atomic E-state index is -0.128. The van der Waals surface area contributed by atoms with Crippen molar-refractivity contribution in [3.63, 3.8) is 0 Å². The monoisotopic (exact) mass is 367 g/mol. The van der Waals surface area contributed by atoms with Crippen LogP contribution in [0.2, 0.25) is 0 Å². The Kier molecular flexibility index (Phi) is 5.47. The van der Waals surface area contributed by atoms with Gasteiger partial charge in [-0.2, -0.15) is 0 Å². The van der Waals surface area contributed by atoms with Gasteiger partial charge in [0.1, 0.15) is 0 Å². The molecule has 1 aromatic heterocycles. The summed E-state index contributed by atoms with van der Waals surface area (Å²) in [6, 6.07) is 3.74.